The van der Waals surface area contributed by atoms with Crippen molar-refractivity contribution in [2.45, 2.75) is 12.5 Å². The van der Waals surface area contributed by atoms with Crippen LogP contribution in [0.25, 0.3) is 0 Å². The Morgan fingerprint density at radius 1 is 1.44 bits per heavy atom. The van der Waals surface area contributed by atoms with E-state index < -0.39 is 12.2 Å². The lowest BCUT2D eigenvalue weighted by molar-refractivity contribution is 0.0959. The van der Waals surface area contributed by atoms with E-state index in [-0.39, 0.29) is 5.82 Å². The predicted octanol–water partition coefficient (Wildman–Crippen LogP) is 1.27. The number of benzene rings is 1. The average molecular weight is 223 g/mol. The van der Waals surface area contributed by atoms with Crippen molar-refractivity contribution in [3.63, 3.8) is 0 Å². The van der Waals surface area contributed by atoms with E-state index in [4.69, 9.17) is 10.6 Å². The fourth-order valence-corrected chi connectivity index (χ4v) is 1.49. The Labute approximate surface area is 91.1 Å². The van der Waals surface area contributed by atoms with Crippen LogP contribution in [0.15, 0.2) is 29.4 Å². The SMILES string of the molecule is N/N=C1/CC(c2ccc(F)cc2)OC(=O)N1. The molecule has 6 heteroatoms. The molecule has 0 aromatic heterocycles. The number of amides is 1. The molecule has 0 aliphatic carbocycles. The molecule has 1 aromatic rings. The summed E-state index contributed by atoms with van der Waals surface area (Å²) in [6.45, 7) is 0. The van der Waals surface area contributed by atoms with E-state index in [2.05, 4.69) is 10.4 Å². The normalized spacial score (nSPS) is 22.7. The van der Waals surface area contributed by atoms with Gasteiger partial charge in [0.15, 0.2) is 0 Å². The lowest BCUT2D eigenvalue weighted by Crippen LogP contribution is -2.39. The molecule has 0 bridgehead atoms. The number of ether oxygens (including phenoxy) is 1. The number of hydrazone groups is 1. The van der Waals surface area contributed by atoms with Gasteiger partial charge in [0, 0.05) is 6.42 Å². The molecule has 1 unspecified atom stereocenters. The van der Waals surface area contributed by atoms with Gasteiger partial charge < -0.3 is 10.6 Å². The van der Waals surface area contributed by atoms with Gasteiger partial charge in [-0.15, -0.1) is 0 Å². The molecule has 2 rings (SSSR count). The van der Waals surface area contributed by atoms with Gasteiger partial charge in [0.1, 0.15) is 17.8 Å². The molecule has 3 N–H and O–H groups in total. The largest absolute Gasteiger partial charge is 0.441 e. The van der Waals surface area contributed by atoms with Gasteiger partial charge in [-0.3, -0.25) is 5.32 Å². The molecule has 1 atom stereocenters. The minimum Gasteiger partial charge on any atom is -0.441 e. The molecule has 0 saturated carbocycles. The summed E-state index contributed by atoms with van der Waals surface area (Å²) in [5.74, 6) is 5.10. The molecule has 1 amide bonds. The molecule has 1 fully saturated rings. The summed E-state index contributed by atoms with van der Waals surface area (Å²) in [4.78, 5) is 11.1. The van der Waals surface area contributed by atoms with E-state index >= 15 is 0 Å². The van der Waals surface area contributed by atoms with E-state index in [9.17, 15) is 9.18 Å². The number of hydrogen-bond acceptors (Lipinski definition) is 4. The summed E-state index contributed by atoms with van der Waals surface area (Å²) >= 11 is 0. The quantitative estimate of drug-likeness (QED) is 0.556. The zero-order valence-corrected chi connectivity index (χ0v) is 8.31. The van der Waals surface area contributed by atoms with Crippen molar-refractivity contribution in [1.82, 2.24) is 5.32 Å². The number of halogens is 1. The standard InChI is InChI=1S/C10H10FN3O2/c11-7-3-1-6(2-4-7)8-5-9(14-12)13-10(15)16-8/h1-4,8H,5,12H2,(H,13,14,15). The van der Waals surface area contributed by atoms with Crippen molar-refractivity contribution in [2.24, 2.45) is 10.9 Å². The van der Waals surface area contributed by atoms with Gasteiger partial charge in [0.05, 0.1) is 0 Å². The molecule has 84 valence electrons. The van der Waals surface area contributed by atoms with Crippen LogP contribution in [0.5, 0.6) is 0 Å². The minimum atomic E-state index is -0.607. The molecular weight excluding hydrogens is 213 g/mol. The first-order chi connectivity index (χ1) is 7.69. The van der Waals surface area contributed by atoms with Crippen molar-refractivity contribution in [2.75, 3.05) is 0 Å². The smallest absolute Gasteiger partial charge is 0.413 e. The van der Waals surface area contributed by atoms with Crippen molar-refractivity contribution in [1.29, 1.82) is 0 Å². The summed E-state index contributed by atoms with van der Waals surface area (Å²) in [5.41, 5.74) is 0.706. The average Bonchev–Trinajstić information content (AvgIpc) is 2.29. The first-order valence-electron chi connectivity index (χ1n) is 4.69. The Kier molecular flexibility index (Phi) is 2.72. The Morgan fingerprint density at radius 2 is 2.12 bits per heavy atom. The van der Waals surface area contributed by atoms with Crippen LogP contribution in [-0.4, -0.2) is 11.9 Å². The Morgan fingerprint density at radius 3 is 2.75 bits per heavy atom. The van der Waals surface area contributed by atoms with Gasteiger partial charge >= 0.3 is 6.09 Å². The van der Waals surface area contributed by atoms with Gasteiger partial charge in [0.25, 0.3) is 0 Å². The van der Waals surface area contributed by atoms with Crippen LogP contribution in [0.1, 0.15) is 18.1 Å². The topological polar surface area (TPSA) is 76.7 Å². The maximum atomic E-state index is 12.7. The van der Waals surface area contributed by atoms with Gasteiger partial charge in [-0.1, -0.05) is 12.1 Å². The number of amidine groups is 1. The number of carbonyl (C=O) groups excluding carboxylic acids is 1. The number of nitrogens with two attached hydrogens (primary N) is 1. The second kappa shape index (κ2) is 4.18. The van der Waals surface area contributed by atoms with Crippen LogP contribution in [0.2, 0.25) is 0 Å². The van der Waals surface area contributed by atoms with Crippen LogP contribution in [0.4, 0.5) is 9.18 Å². The van der Waals surface area contributed by atoms with Gasteiger partial charge in [-0.05, 0) is 17.7 Å². The minimum absolute atomic E-state index is 0.336. The lowest BCUT2D eigenvalue weighted by Gasteiger charge is -2.24. The predicted molar refractivity (Wildman–Crippen MR) is 55.0 cm³/mol. The van der Waals surface area contributed by atoms with Gasteiger partial charge in [-0.2, -0.15) is 5.10 Å². The first-order valence-corrected chi connectivity index (χ1v) is 4.69. The molecule has 5 nitrogen and oxygen atoms in total. The fourth-order valence-electron chi connectivity index (χ4n) is 1.49. The highest BCUT2D eigenvalue weighted by Crippen LogP contribution is 2.24. The summed E-state index contributed by atoms with van der Waals surface area (Å²) in [7, 11) is 0. The van der Waals surface area contributed by atoms with Crippen LogP contribution in [-0.2, 0) is 4.74 Å². The molecule has 0 radical (unpaired) electrons. The molecule has 1 aliphatic heterocycles. The highest BCUT2D eigenvalue weighted by Gasteiger charge is 2.25. The molecule has 1 aromatic carbocycles. The zero-order valence-electron chi connectivity index (χ0n) is 8.31. The number of alkyl carbamates (subject to hydrolysis) is 1. The number of hydrogen-bond donors (Lipinski definition) is 2. The highest BCUT2D eigenvalue weighted by molar-refractivity contribution is 5.97. The second-order valence-corrected chi connectivity index (χ2v) is 3.35. The fraction of sp³-hybridized carbons (Fsp3) is 0.200. The lowest BCUT2D eigenvalue weighted by atomic mass is 10.1. The summed E-state index contributed by atoms with van der Waals surface area (Å²) < 4.78 is 17.7. The number of nitrogens with zero attached hydrogens (tertiary/aromatic N) is 1. The summed E-state index contributed by atoms with van der Waals surface area (Å²) in [6, 6.07) is 5.74. The van der Waals surface area contributed by atoms with Crippen molar-refractivity contribution >= 4 is 11.9 Å². The van der Waals surface area contributed by atoms with E-state index in [1.165, 1.54) is 12.1 Å². The van der Waals surface area contributed by atoms with E-state index in [1.807, 2.05) is 0 Å². The van der Waals surface area contributed by atoms with Crippen LogP contribution >= 0.6 is 0 Å². The molecule has 1 aliphatic rings. The number of nitrogens with one attached hydrogen (secondary N) is 1. The molecule has 16 heavy (non-hydrogen) atoms. The number of carbonyl (C=O) groups is 1. The Hall–Kier alpha value is -2.11. The van der Waals surface area contributed by atoms with Crippen LogP contribution in [0.3, 0.4) is 0 Å². The Balaban J connectivity index is 2.20. The van der Waals surface area contributed by atoms with Crippen molar-refractivity contribution < 1.29 is 13.9 Å². The number of cyclic esters (lactones) is 1. The van der Waals surface area contributed by atoms with Gasteiger partial charge in [0.2, 0.25) is 0 Å². The summed E-state index contributed by atoms with van der Waals surface area (Å²) in [6.07, 6.45) is -0.727. The molecular formula is C10H10FN3O2. The third-order valence-corrected chi connectivity index (χ3v) is 2.27. The van der Waals surface area contributed by atoms with Gasteiger partial charge in [-0.25, -0.2) is 9.18 Å². The zero-order chi connectivity index (χ0) is 11.5. The second-order valence-electron chi connectivity index (χ2n) is 3.35. The van der Waals surface area contributed by atoms with E-state index in [1.54, 1.807) is 12.1 Å². The molecule has 0 spiro atoms. The van der Waals surface area contributed by atoms with E-state index in [0.717, 1.165) is 0 Å². The first kappa shape index (κ1) is 10.4. The van der Waals surface area contributed by atoms with E-state index in [0.29, 0.717) is 17.8 Å². The summed E-state index contributed by atoms with van der Waals surface area (Å²) in [5, 5.41) is 5.79. The van der Waals surface area contributed by atoms with Crippen LogP contribution in [0, 0.1) is 5.82 Å². The van der Waals surface area contributed by atoms with Crippen LogP contribution < -0.4 is 11.2 Å². The molecule has 1 heterocycles. The highest BCUT2D eigenvalue weighted by atomic mass is 19.1. The van der Waals surface area contributed by atoms with Crippen molar-refractivity contribution in [3.8, 4) is 0 Å². The maximum absolute atomic E-state index is 12.7. The number of rotatable bonds is 1. The third kappa shape index (κ3) is 2.10. The maximum Gasteiger partial charge on any atom is 0.413 e. The third-order valence-electron chi connectivity index (χ3n) is 2.27. The Bertz CT molecular complexity index is 430. The molecule has 1 saturated heterocycles. The van der Waals surface area contributed by atoms with Crippen molar-refractivity contribution in [3.05, 3.63) is 35.6 Å². The monoisotopic (exact) mass is 223 g/mol.